The van der Waals surface area contributed by atoms with Crippen molar-refractivity contribution < 1.29 is 18.7 Å². The summed E-state index contributed by atoms with van der Waals surface area (Å²) in [5, 5.41) is 15.5. The molecule has 1 N–H and O–H groups in total. The summed E-state index contributed by atoms with van der Waals surface area (Å²) in [5.41, 5.74) is 9.45. The van der Waals surface area contributed by atoms with Gasteiger partial charge in [0.1, 0.15) is 40.3 Å². The number of pyridine rings is 2. The summed E-state index contributed by atoms with van der Waals surface area (Å²) in [6, 6.07) is 21.1. The van der Waals surface area contributed by atoms with Crippen molar-refractivity contribution in [3.63, 3.8) is 0 Å². The van der Waals surface area contributed by atoms with Crippen molar-refractivity contribution >= 4 is 73.0 Å². The second kappa shape index (κ2) is 18.5. The van der Waals surface area contributed by atoms with Crippen LogP contribution in [-0.4, -0.2) is 86.0 Å². The Morgan fingerprint density at radius 3 is 1.47 bits per heavy atom. The van der Waals surface area contributed by atoms with E-state index >= 15 is 0 Å². The second-order valence-electron chi connectivity index (χ2n) is 16.1. The third-order valence-corrected chi connectivity index (χ3v) is 13.8. The summed E-state index contributed by atoms with van der Waals surface area (Å²) in [6.07, 6.45) is 8.43. The highest BCUT2D eigenvalue weighted by molar-refractivity contribution is 7.14. The maximum Gasteiger partial charge on any atom is 0.191 e. The summed E-state index contributed by atoms with van der Waals surface area (Å²) in [7, 11) is 4.02. The lowest BCUT2D eigenvalue weighted by Gasteiger charge is -2.31. The standard InChI is InChI=1S/C24H26FN5OS.C24H24FN5OS/c2*1-3-20-23(28(2)24-27-21(15-32-24)16-4-6-17(25)7-5-16)30-14-18(8-9-22(30)26-20)29-12-10-19(31)11-13-29/h4-9,14-15,19,31H,3,10-13H2,1-2H3;4-9,14-15H,3,10-13H2,1-2H3. The van der Waals surface area contributed by atoms with Crippen LogP contribution in [0.4, 0.5) is 42.1 Å². The molecule has 2 aliphatic rings. The number of halogens is 2. The lowest BCUT2D eigenvalue weighted by atomic mass is 10.1. The second-order valence-corrected chi connectivity index (χ2v) is 17.8. The average molecular weight is 901 g/mol. The number of nitrogens with zero attached hydrogens (tertiary/aromatic N) is 10. The van der Waals surface area contributed by atoms with Crippen molar-refractivity contribution in [1.29, 1.82) is 0 Å². The van der Waals surface area contributed by atoms with Crippen molar-refractivity contribution in [3.8, 4) is 22.5 Å². The highest BCUT2D eigenvalue weighted by Crippen LogP contribution is 2.37. The Bertz CT molecular complexity index is 2890. The smallest absolute Gasteiger partial charge is 0.191 e. The fourth-order valence-electron chi connectivity index (χ4n) is 8.36. The molecule has 0 amide bonds. The molecule has 64 heavy (non-hydrogen) atoms. The number of thiazole rings is 2. The fraction of sp³-hybridized carbons (Fsp3) is 0.312. The predicted molar refractivity (Wildman–Crippen MR) is 254 cm³/mol. The molecular weight excluding hydrogens is 851 g/mol. The minimum absolute atomic E-state index is 0.197. The molecule has 10 rings (SSSR count). The van der Waals surface area contributed by atoms with Crippen LogP contribution < -0.4 is 19.6 Å². The van der Waals surface area contributed by atoms with Gasteiger partial charge in [-0.15, -0.1) is 22.7 Å². The van der Waals surface area contributed by atoms with Crippen LogP contribution in [0.1, 0.15) is 50.9 Å². The molecule has 0 spiro atoms. The SMILES string of the molecule is CCc1nc2ccc(N3CCC(=O)CC3)cn2c1N(C)c1nc(-c2ccc(F)cc2)cs1.CCc1nc2ccc(N3CCC(O)CC3)cn2c1N(C)c1nc(-c2ccc(F)cc2)cs1. The van der Waals surface area contributed by atoms with Crippen LogP contribution in [0.25, 0.3) is 33.8 Å². The topological polar surface area (TPSA) is 111 Å². The summed E-state index contributed by atoms with van der Waals surface area (Å²) >= 11 is 3.10. The monoisotopic (exact) mass is 900 g/mol. The van der Waals surface area contributed by atoms with Gasteiger partial charge in [0.25, 0.3) is 0 Å². The van der Waals surface area contributed by atoms with E-state index in [2.05, 4.69) is 72.8 Å². The van der Waals surface area contributed by atoms with Gasteiger partial charge in [0.15, 0.2) is 10.3 Å². The van der Waals surface area contributed by atoms with Gasteiger partial charge in [-0.05, 0) is 98.5 Å². The Morgan fingerprint density at radius 1 is 0.625 bits per heavy atom. The number of rotatable bonds is 10. The molecule has 2 aliphatic heterocycles. The molecule has 12 nitrogen and oxygen atoms in total. The van der Waals surface area contributed by atoms with E-state index in [1.165, 1.54) is 24.3 Å². The molecule has 0 atom stereocenters. The molecule has 2 aromatic carbocycles. The average Bonchev–Trinajstić information content (AvgIpc) is 4.15. The molecule has 8 heterocycles. The molecule has 2 saturated heterocycles. The lowest BCUT2D eigenvalue weighted by Crippen LogP contribution is -2.35. The highest BCUT2D eigenvalue weighted by atomic mass is 32.1. The Labute approximate surface area is 378 Å². The summed E-state index contributed by atoms with van der Waals surface area (Å²) in [6.45, 7) is 7.40. The van der Waals surface area contributed by atoms with E-state index in [9.17, 15) is 18.7 Å². The number of hydrogen-bond acceptors (Lipinski definition) is 12. The van der Waals surface area contributed by atoms with Gasteiger partial charge in [0.05, 0.1) is 40.3 Å². The van der Waals surface area contributed by atoms with Crippen molar-refractivity contribution in [2.24, 2.45) is 0 Å². The Kier molecular flexibility index (Phi) is 12.4. The molecule has 0 bridgehead atoms. The van der Waals surface area contributed by atoms with Crippen LogP contribution in [0.15, 0.2) is 96.0 Å². The number of carbonyl (C=O) groups excluding carboxylic acids is 1. The number of ketones is 1. The van der Waals surface area contributed by atoms with Crippen LogP contribution in [0.3, 0.4) is 0 Å². The van der Waals surface area contributed by atoms with E-state index < -0.39 is 0 Å². The molecule has 2 fully saturated rings. The Hall–Kier alpha value is -6.23. The first-order valence-corrected chi connectivity index (χ1v) is 23.4. The fourth-order valence-corrected chi connectivity index (χ4v) is 9.96. The number of aromatic nitrogens is 6. The van der Waals surface area contributed by atoms with Gasteiger partial charge in [-0.2, -0.15) is 0 Å². The van der Waals surface area contributed by atoms with Gasteiger partial charge in [0, 0.05) is 87.4 Å². The Balaban J connectivity index is 0.000000162. The van der Waals surface area contributed by atoms with Crippen molar-refractivity contribution in [2.45, 2.75) is 58.5 Å². The van der Waals surface area contributed by atoms with E-state index in [0.29, 0.717) is 18.6 Å². The number of Topliss-reactive ketones (excluding diaryl/α,β-unsaturated/α-hetero) is 1. The van der Waals surface area contributed by atoms with Crippen molar-refractivity contribution in [1.82, 2.24) is 28.7 Å². The van der Waals surface area contributed by atoms with Gasteiger partial charge in [-0.25, -0.2) is 28.7 Å². The van der Waals surface area contributed by atoms with Gasteiger partial charge in [-0.3, -0.25) is 13.6 Å². The first kappa shape index (κ1) is 43.0. The zero-order valence-electron chi connectivity index (χ0n) is 36.3. The zero-order valence-corrected chi connectivity index (χ0v) is 37.9. The first-order valence-electron chi connectivity index (χ1n) is 21.7. The maximum atomic E-state index is 13.3. The number of hydrogen-bond donors (Lipinski definition) is 1. The van der Waals surface area contributed by atoms with Crippen molar-refractivity contribution in [2.75, 3.05) is 59.9 Å². The van der Waals surface area contributed by atoms with Gasteiger partial charge >= 0.3 is 0 Å². The predicted octanol–water partition coefficient (Wildman–Crippen LogP) is 9.98. The number of fused-ring (bicyclic) bond motifs is 2. The zero-order chi connectivity index (χ0) is 44.5. The van der Waals surface area contributed by atoms with E-state index in [0.717, 1.165) is 130 Å². The number of imidazole rings is 2. The van der Waals surface area contributed by atoms with Crippen LogP contribution >= 0.6 is 22.7 Å². The summed E-state index contributed by atoms with van der Waals surface area (Å²) in [4.78, 5) is 39.7. The number of aryl methyl sites for hydroxylation is 2. The number of aliphatic hydroxyl groups excluding tert-OH is 1. The molecule has 8 aromatic rings. The first-order chi connectivity index (χ1) is 31.1. The number of benzene rings is 2. The third-order valence-electron chi connectivity index (χ3n) is 12.0. The lowest BCUT2D eigenvalue weighted by molar-refractivity contribution is -0.119. The van der Waals surface area contributed by atoms with E-state index in [-0.39, 0.29) is 17.7 Å². The molecular formula is C48H50F2N10O2S2. The molecule has 16 heteroatoms. The minimum Gasteiger partial charge on any atom is -0.393 e. The summed E-state index contributed by atoms with van der Waals surface area (Å²) < 4.78 is 30.8. The number of piperidine rings is 2. The van der Waals surface area contributed by atoms with E-state index in [1.54, 1.807) is 46.9 Å². The van der Waals surface area contributed by atoms with E-state index in [4.69, 9.17) is 19.9 Å². The van der Waals surface area contributed by atoms with Gasteiger partial charge in [-0.1, -0.05) is 13.8 Å². The van der Waals surface area contributed by atoms with Crippen LogP contribution in [-0.2, 0) is 17.6 Å². The number of carbonyl (C=O) groups is 1. The molecule has 330 valence electrons. The van der Waals surface area contributed by atoms with Gasteiger partial charge in [0.2, 0.25) is 0 Å². The normalized spacial score (nSPS) is 14.6. The quantitative estimate of drug-likeness (QED) is 0.142. The van der Waals surface area contributed by atoms with Crippen LogP contribution in [0.2, 0.25) is 0 Å². The highest BCUT2D eigenvalue weighted by Gasteiger charge is 2.24. The van der Waals surface area contributed by atoms with E-state index in [1.807, 2.05) is 30.9 Å². The van der Waals surface area contributed by atoms with Crippen molar-refractivity contribution in [3.05, 3.63) is 119 Å². The largest absolute Gasteiger partial charge is 0.393 e. The molecule has 0 unspecified atom stereocenters. The molecule has 0 radical (unpaired) electrons. The molecule has 0 saturated carbocycles. The van der Waals surface area contributed by atoms with Gasteiger partial charge < -0.3 is 24.7 Å². The number of aliphatic hydroxyl groups is 1. The maximum absolute atomic E-state index is 13.3. The summed E-state index contributed by atoms with van der Waals surface area (Å²) in [5.74, 6) is 1.81. The molecule has 6 aromatic heterocycles. The minimum atomic E-state index is -0.256. The van der Waals surface area contributed by atoms with Crippen LogP contribution in [0, 0.1) is 11.6 Å². The molecule has 0 aliphatic carbocycles. The Morgan fingerprint density at radius 2 is 1.05 bits per heavy atom. The van der Waals surface area contributed by atoms with Crippen LogP contribution in [0.5, 0.6) is 0 Å². The number of anilines is 6. The third kappa shape index (κ3) is 8.81.